The minimum atomic E-state index is -0.154. The number of hydrogen-bond acceptors (Lipinski definition) is 5. The zero-order chi connectivity index (χ0) is 26.4. The lowest BCUT2D eigenvalue weighted by Gasteiger charge is -2.28. The Labute approximate surface area is 219 Å². The Morgan fingerprint density at radius 2 is 1.92 bits per heavy atom. The maximum atomic E-state index is 13.4. The number of benzene rings is 2. The second kappa shape index (κ2) is 12.0. The van der Waals surface area contributed by atoms with Gasteiger partial charge in [-0.3, -0.25) is 4.90 Å². The lowest BCUT2D eigenvalue weighted by atomic mass is 10.0. The van der Waals surface area contributed by atoms with Crippen LogP contribution in [0.4, 0.5) is 10.5 Å². The van der Waals surface area contributed by atoms with Gasteiger partial charge in [-0.15, -0.1) is 6.58 Å². The van der Waals surface area contributed by atoms with Crippen LogP contribution in [-0.2, 0) is 19.5 Å². The molecule has 1 aromatic heterocycles. The normalized spacial score (nSPS) is 13.2. The number of anilines is 1. The number of nitrogens with zero attached hydrogens (tertiary/aromatic N) is 4. The fraction of sp³-hybridized carbons (Fsp3) is 0.379. The van der Waals surface area contributed by atoms with Gasteiger partial charge in [0.15, 0.2) is 0 Å². The Hall–Kier alpha value is -3.78. The largest absolute Gasteiger partial charge is 0.497 e. The van der Waals surface area contributed by atoms with Crippen molar-refractivity contribution in [3.63, 3.8) is 0 Å². The molecule has 3 aromatic rings. The number of carbonyl (C=O) groups is 1. The maximum absolute atomic E-state index is 13.4. The second-order valence-electron chi connectivity index (χ2n) is 9.66. The van der Waals surface area contributed by atoms with E-state index < -0.39 is 0 Å². The zero-order valence-electron chi connectivity index (χ0n) is 22.2. The first kappa shape index (κ1) is 26.3. The van der Waals surface area contributed by atoms with Gasteiger partial charge in [-0.05, 0) is 42.3 Å². The van der Waals surface area contributed by atoms with Crippen LogP contribution in [0.5, 0.6) is 11.5 Å². The van der Waals surface area contributed by atoms with Crippen LogP contribution in [0.25, 0.3) is 5.69 Å². The van der Waals surface area contributed by atoms with E-state index in [9.17, 15) is 4.79 Å². The minimum absolute atomic E-state index is 0.154. The van der Waals surface area contributed by atoms with E-state index in [1.54, 1.807) is 14.2 Å². The molecule has 0 aliphatic carbocycles. The number of rotatable bonds is 10. The number of urea groups is 1. The summed E-state index contributed by atoms with van der Waals surface area (Å²) in [5, 5.41) is 8.11. The van der Waals surface area contributed by atoms with Crippen molar-refractivity contribution in [1.29, 1.82) is 0 Å². The van der Waals surface area contributed by atoms with Crippen molar-refractivity contribution in [2.75, 3.05) is 39.2 Å². The summed E-state index contributed by atoms with van der Waals surface area (Å²) in [4.78, 5) is 17.6. The molecule has 8 heteroatoms. The summed E-state index contributed by atoms with van der Waals surface area (Å²) in [7, 11) is 3.30. The average molecular weight is 504 g/mol. The maximum Gasteiger partial charge on any atom is 0.322 e. The van der Waals surface area contributed by atoms with Gasteiger partial charge >= 0.3 is 6.03 Å². The minimum Gasteiger partial charge on any atom is -0.497 e. The highest BCUT2D eigenvalue weighted by atomic mass is 16.5. The molecule has 0 saturated carbocycles. The molecule has 37 heavy (non-hydrogen) atoms. The molecule has 0 bridgehead atoms. The second-order valence-corrected chi connectivity index (χ2v) is 9.66. The lowest BCUT2D eigenvalue weighted by molar-refractivity contribution is 0.200. The van der Waals surface area contributed by atoms with Crippen LogP contribution < -0.4 is 14.8 Å². The molecule has 2 aromatic carbocycles. The number of aromatic nitrogens is 2. The molecular weight excluding hydrogens is 466 g/mol. The van der Waals surface area contributed by atoms with Gasteiger partial charge in [0.2, 0.25) is 0 Å². The molecule has 0 fully saturated rings. The smallest absolute Gasteiger partial charge is 0.322 e. The number of nitrogens with one attached hydrogen (secondary N) is 1. The molecule has 196 valence electrons. The molecular formula is C29H37N5O3. The van der Waals surface area contributed by atoms with Crippen molar-refractivity contribution >= 4 is 11.7 Å². The molecule has 8 nitrogen and oxygen atoms in total. The molecule has 0 atom stereocenters. The molecule has 0 radical (unpaired) electrons. The van der Waals surface area contributed by atoms with Crippen LogP contribution in [0.2, 0.25) is 0 Å². The van der Waals surface area contributed by atoms with Crippen molar-refractivity contribution < 1.29 is 14.3 Å². The number of carbonyl (C=O) groups excluding carboxylic acids is 1. The third kappa shape index (κ3) is 6.14. The van der Waals surface area contributed by atoms with Crippen LogP contribution in [0.3, 0.4) is 0 Å². The number of para-hydroxylation sites is 2. The zero-order valence-corrected chi connectivity index (χ0v) is 22.2. The Balaban J connectivity index is 1.67. The van der Waals surface area contributed by atoms with Crippen molar-refractivity contribution in [1.82, 2.24) is 19.6 Å². The summed E-state index contributed by atoms with van der Waals surface area (Å²) in [6.45, 7) is 11.7. The van der Waals surface area contributed by atoms with Gasteiger partial charge in [-0.2, -0.15) is 5.10 Å². The van der Waals surface area contributed by atoms with Crippen LogP contribution >= 0.6 is 0 Å². The van der Waals surface area contributed by atoms with E-state index in [2.05, 4.69) is 30.6 Å². The van der Waals surface area contributed by atoms with Gasteiger partial charge in [0, 0.05) is 43.9 Å². The van der Waals surface area contributed by atoms with Crippen LogP contribution in [-0.4, -0.2) is 59.5 Å². The number of amides is 2. The Kier molecular flexibility index (Phi) is 8.50. The predicted octanol–water partition coefficient (Wildman–Crippen LogP) is 5.12. The molecule has 2 heterocycles. The molecule has 1 N–H and O–H groups in total. The SMILES string of the molecule is C=CCN1CCc2c(c(CN(CC(C)C)C(=O)Nc3ccc(OC)cc3)nn2-c2ccccc2OC)C1. The highest BCUT2D eigenvalue weighted by molar-refractivity contribution is 5.89. The standard InChI is InChI=1S/C29H37N5O3/c1-6-16-32-17-15-26-24(19-32)25(31-34(26)27-9-7-8-10-28(27)37-5)20-33(18-21(2)3)29(35)30-22-11-13-23(36-4)14-12-22/h6-14,21H,1,15-20H2,2-5H3,(H,30,35). The van der Waals surface area contributed by atoms with E-state index in [0.29, 0.717) is 19.0 Å². The van der Waals surface area contributed by atoms with Crippen molar-refractivity contribution in [2.24, 2.45) is 5.92 Å². The van der Waals surface area contributed by atoms with Gasteiger partial charge in [0.25, 0.3) is 0 Å². The van der Waals surface area contributed by atoms with Crippen LogP contribution in [0, 0.1) is 5.92 Å². The number of methoxy groups -OCH3 is 2. The molecule has 1 aliphatic heterocycles. The lowest BCUT2D eigenvalue weighted by Crippen LogP contribution is -2.38. The van der Waals surface area contributed by atoms with Crippen LogP contribution in [0.15, 0.2) is 61.2 Å². The molecule has 2 amide bonds. The first-order valence-corrected chi connectivity index (χ1v) is 12.7. The molecule has 0 spiro atoms. The topological polar surface area (TPSA) is 71.9 Å². The van der Waals surface area contributed by atoms with E-state index in [4.69, 9.17) is 14.6 Å². The van der Waals surface area contributed by atoms with E-state index in [0.717, 1.165) is 54.6 Å². The van der Waals surface area contributed by atoms with E-state index >= 15 is 0 Å². The number of hydrogen-bond donors (Lipinski definition) is 1. The summed E-state index contributed by atoms with van der Waals surface area (Å²) < 4.78 is 12.9. The predicted molar refractivity (Wildman–Crippen MR) is 147 cm³/mol. The van der Waals surface area contributed by atoms with Gasteiger partial charge < -0.3 is 19.7 Å². The summed E-state index contributed by atoms with van der Waals surface area (Å²) in [5.74, 6) is 1.81. The Morgan fingerprint density at radius 3 is 2.59 bits per heavy atom. The summed E-state index contributed by atoms with van der Waals surface area (Å²) in [6.07, 6.45) is 2.79. The molecule has 4 rings (SSSR count). The highest BCUT2D eigenvalue weighted by Crippen LogP contribution is 2.30. The van der Waals surface area contributed by atoms with Crippen LogP contribution in [0.1, 0.15) is 30.8 Å². The van der Waals surface area contributed by atoms with Crippen molar-refractivity contribution in [3.8, 4) is 17.2 Å². The third-order valence-electron chi connectivity index (χ3n) is 6.47. The van der Waals surface area contributed by atoms with Gasteiger partial charge in [0.05, 0.1) is 32.2 Å². The number of fused-ring (bicyclic) bond motifs is 1. The number of ether oxygens (including phenoxy) is 2. The van der Waals surface area contributed by atoms with Crippen molar-refractivity contribution in [3.05, 3.63) is 78.1 Å². The van der Waals surface area contributed by atoms with Gasteiger partial charge in [0.1, 0.15) is 17.2 Å². The Morgan fingerprint density at radius 1 is 1.16 bits per heavy atom. The first-order chi connectivity index (χ1) is 17.9. The highest BCUT2D eigenvalue weighted by Gasteiger charge is 2.28. The van der Waals surface area contributed by atoms with E-state index in [1.807, 2.05) is 64.2 Å². The fourth-order valence-corrected chi connectivity index (χ4v) is 4.73. The van der Waals surface area contributed by atoms with Gasteiger partial charge in [-0.25, -0.2) is 9.48 Å². The average Bonchev–Trinajstić information content (AvgIpc) is 3.26. The third-order valence-corrected chi connectivity index (χ3v) is 6.47. The molecule has 0 unspecified atom stereocenters. The first-order valence-electron chi connectivity index (χ1n) is 12.7. The Bertz CT molecular complexity index is 1220. The van der Waals surface area contributed by atoms with E-state index in [-0.39, 0.29) is 6.03 Å². The van der Waals surface area contributed by atoms with E-state index in [1.165, 1.54) is 11.3 Å². The summed E-state index contributed by atoms with van der Waals surface area (Å²) >= 11 is 0. The summed E-state index contributed by atoms with van der Waals surface area (Å²) in [6, 6.07) is 15.1. The summed E-state index contributed by atoms with van der Waals surface area (Å²) in [5.41, 5.74) is 4.87. The van der Waals surface area contributed by atoms with Crippen molar-refractivity contribution in [2.45, 2.75) is 33.4 Å². The molecule has 1 aliphatic rings. The monoisotopic (exact) mass is 503 g/mol. The fourth-order valence-electron chi connectivity index (χ4n) is 4.73. The quantitative estimate of drug-likeness (QED) is 0.389. The van der Waals surface area contributed by atoms with Gasteiger partial charge in [-0.1, -0.05) is 32.1 Å². The molecule has 0 saturated heterocycles.